The van der Waals surface area contributed by atoms with E-state index in [2.05, 4.69) is 170 Å². The van der Waals surface area contributed by atoms with Crippen molar-refractivity contribution in [3.63, 3.8) is 0 Å². The summed E-state index contributed by atoms with van der Waals surface area (Å²) in [4.78, 5) is 14.2. The van der Waals surface area contributed by atoms with Crippen molar-refractivity contribution in [2.24, 2.45) is 0 Å². The summed E-state index contributed by atoms with van der Waals surface area (Å²) in [6.07, 6.45) is 3.65. The van der Waals surface area contributed by atoms with Crippen LogP contribution >= 0.6 is 0 Å². The molecule has 1 aliphatic rings. The highest BCUT2D eigenvalue weighted by Crippen LogP contribution is 2.51. The Morgan fingerprint density at radius 1 is 0.529 bits per heavy atom. The van der Waals surface area contributed by atoms with Gasteiger partial charge in [-0.2, -0.15) is 0 Å². The van der Waals surface area contributed by atoms with Crippen LogP contribution in [0.15, 0.2) is 170 Å². The quantitative estimate of drug-likeness (QED) is 0.137. The molecule has 0 atom stereocenters. The molecule has 0 amide bonds. The molecule has 0 saturated heterocycles. The van der Waals surface area contributed by atoms with E-state index < -0.39 is 11.6 Å². The fraction of sp³-hybridized carbons (Fsp3) is 0.167. The number of para-hydroxylation sites is 1. The third kappa shape index (κ3) is 7.60. The van der Waals surface area contributed by atoms with Crippen LogP contribution in [-0.2, 0) is 0 Å². The number of aromatic nitrogens is 3. The van der Waals surface area contributed by atoms with Gasteiger partial charge in [0.1, 0.15) is 35.6 Å². The van der Waals surface area contributed by atoms with Crippen molar-refractivity contribution < 1.29 is 13.5 Å². The van der Waals surface area contributed by atoms with E-state index in [4.69, 9.17) is 9.72 Å². The molecule has 0 fully saturated rings. The van der Waals surface area contributed by atoms with Gasteiger partial charge >= 0.3 is 0 Å². The third-order valence-corrected chi connectivity index (χ3v) is 13.4. The highest BCUT2D eigenvalue weighted by molar-refractivity contribution is 6.09. The molecule has 3 aromatic heterocycles. The first kappa shape index (κ1) is 42.8. The molecule has 0 spiro atoms. The molecular formula is C60H51F2N5O. The van der Waals surface area contributed by atoms with Crippen LogP contribution in [0.4, 0.5) is 31.5 Å². The molecule has 0 saturated carbocycles. The van der Waals surface area contributed by atoms with Crippen molar-refractivity contribution in [3.8, 4) is 39.6 Å². The Bertz CT molecular complexity index is 3530. The Balaban J connectivity index is 1.08. The number of ether oxygens (including phenoxy) is 1. The van der Waals surface area contributed by atoms with E-state index in [1.165, 1.54) is 11.6 Å². The second-order valence-corrected chi connectivity index (χ2v) is 18.8. The minimum atomic E-state index is -0.591. The minimum Gasteiger partial charge on any atom is -0.457 e. The number of nitrogens with zero attached hydrogens (tertiary/aromatic N) is 5. The number of anilines is 4. The molecule has 68 heavy (non-hydrogen) atoms. The van der Waals surface area contributed by atoms with E-state index in [0.29, 0.717) is 29.6 Å². The van der Waals surface area contributed by atoms with E-state index >= 15 is 4.39 Å². The van der Waals surface area contributed by atoms with E-state index in [-0.39, 0.29) is 11.8 Å². The Labute approximate surface area is 395 Å². The molecule has 4 heterocycles. The van der Waals surface area contributed by atoms with Gasteiger partial charge in [-0.15, -0.1) is 0 Å². The summed E-state index contributed by atoms with van der Waals surface area (Å²) in [6.45, 7) is 13.7. The largest absolute Gasteiger partial charge is 0.457 e. The molecule has 0 unspecified atom stereocenters. The zero-order valence-corrected chi connectivity index (χ0v) is 39.0. The maximum absolute atomic E-state index is 15.5. The lowest BCUT2D eigenvalue weighted by Crippen LogP contribution is -2.26. The summed E-state index contributed by atoms with van der Waals surface area (Å²) < 4.78 is 38.9. The van der Waals surface area contributed by atoms with Gasteiger partial charge in [0.25, 0.3) is 0 Å². The lowest BCUT2D eigenvalue weighted by atomic mass is 9.87. The van der Waals surface area contributed by atoms with Crippen molar-refractivity contribution in [1.82, 2.24) is 14.5 Å². The third-order valence-electron chi connectivity index (χ3n) is 13.4. The summed E-state index contributed by atoms with van der Waals surface area (Å²) in [6, 6.07) is 52.5. The van der Waals surface area contributed by atoms with Gasteiger partial charge in [0.2, 0.25) is 0 Å². The van der Waals surface area contributed by atoms with Crippen LogP contribution in [0.1, 0.15) is 76.0 Å². The normalized spacial score (nSPS) is 12.7. The zero-order chi connectivity index (χ0) is 46.8. The molecule has 6 nitrogen and oxygen atoms in total. The molecule has 7 aromatic carbocycles. The highest BCUT2D eigenvalue weighted by Gasteiger charge is 2.33. The van der Waals surface area contributed by atoms with Gasteiger partial charge in [-0.1, -0.05) is 84.0 Å². The summed E-state index contributed by atoms with van der Waals surface area (Å²) in [5.41, 5.74) is 13.8. The average molecular weight is 896 g/mol. The number of benzene rings is 7. The first-order chi connectivity index (χ1) is 33.0. The SMILES string of the molecule is CC(C)c1ccc2c(c1)N(c1c(C(C)C)cc(-c3ccc(F)cc3F)cc1C(C)C)CN2c1cc(Oc2ccc3c4ccccc4n(-c4ccccn4)c3c2)cc(-c2ccc3ncccc3c2)c1. The smallest absolute Gasteiger partial charge is 0.137 e. The Morgan fingerprint density at radius 3 is 2.07 bits per heavy atom. The minimum absolute atomic E-state index is 0.0937. The summed E-state index contributed by atoms with van der Waals surface area (Å²) >= 11 is 0. The second-order valence-electron chi connectivity index (χ2n) is 18.8. The number of pyridine rings is 2. The molecular weight excluding hydrogens is 845 g/mol. The predicted molar refractivity (Wildman–Crippen MR) is 275 cm³/mol. The van der Waals surface area contributed by atoms with E-state index in [1.807, 2.05) is 42.7 Å². The molecule has 10 aromatic rings. The van der Waals surface area contributed by atoms with E-state index in [9.17, 15) is 4.39 Å². The predicted octanol–water partition coefficient (Wildman–Crippen LogP) is 16.7. The standard InChI is InChI=1S/C60H51F2N5O/c1-36(2)39-17-23-56-58(31-39)66(60-51(37(3)4)29-43(30-52(60)38(5)6)48-20-18-44(61)32-53(48)62)35-65(56)45-27-42(40-16-22-54-41(26-40)12-11-25-63-54)28-47(33-45)68-46-19-21-50-49-13-7-8-14-55(49)67(57(50)34-46)59-15-9-10-24-64-59/h7-34,36-38H,35H2,1-6H3. The number of hydrogen-bond acceptors (Lipinski definition) is 5. The maximum Gasteiger partial charge on any atom is 0.137 e. The monoisotopic (exact) mass is 895 g/mol. The van der Waals surface area contributed by atoms with Gasteiger partial charge in [-0.25, -0.2) is 13.8 Å². The van der Waals surface area contributed by atoms with Crippen LogP contribution in [-0.4, -0.2) is 21.2 Å². The molecule has 336 valence electrons. The molecule has 0 aliphatic carbocycles. The fourth-order valence-corrected chi connectivity index (χ4v) is 9.90. The maximum atomic E-state index is 15.5. The number of hydrogen-bond donors (Lipinski definition) is 0. The van der Waals surface area contributed by atoms with Crippen LogP contribution in [0.5, 0.6) is 11.5 Å². The van der Waals surface area contributed by atoms with Crippen LogP contribution in [0.2, 0.25) is 0 Å². The molecule has 0 radical (unpaired) electrons. The van der Waals surface area contributed by atoms with Gasteiger partial charge in [-0.05, 0) is 148 Å². The second kappa shape index (κ2) is 17.1. The number of fused-ring (bicyclic) bond motifs is 5. The first-order valence-electron chi connectivity index (χ1n) is 23.4. The van der Waals surface area contributed by atoms with Gasteiger partial charge in [0.15, 0.2) is 0 Å². The molecule has 8 heteroatoms. The van der Waals surface area contributed by atoms with Gasteiger partial charge in [0, 0.05) is 63.7 Å². The van der Waals surface area contributed by atoms with Crippen LogP contribution in [0.3, 0.4) is 0 Å². The number of halogens is 2. The van der Waals surface area contributed by atoms with Gasteiger partial charge < -0.3 is 14.5 Å². The van der Waals surface area contributed by atoms with Crippen molar-refractivity contribution >= 4 is 55.5 Å². The van der Waals surface area contributed by atoms with Gasteiger partial charge in [0.05, 0.1) is 27.9 Å². The Morgan fingerprint density at radius 2 is 1.31 bits per heavy atom. The topological polar surface area (TPSA) is 46.4 Å². The van der Waals surface area contributed by atoms with E-state index in [1.54, 1.807) is 6.07 Å². The summed E-state index contributed by atoms with van der Waals surface area (Å²) in [5.74, 6) is 1.56. The zero-order valence-electron chi connectivity index (χ0n) is 39.0. The molecule has 0 bridgehead atoms. The highest BCUT2D eigenvalue weighted by atomic mass is 19.1. The van der Waals surface area contributed by atoms with E-state index in [0.717, 1.165) is 95.2 Å². The summed E-state index contributed by atoms with van der Waals surface area (Å²) in [5, 5.41) is 3.31. The first-order valence-corrected chi connectivity index (χ1v) is 23.4. The lowest BCUT2D eigenvalue weighted by molar-refractivity contribution is 0.483. The average Bonchev–Trinajstić information content (AvgIpc) is 3.89. The van der Waals surface area contributed by atoms with Crippen molar-refractivity contribution in [3.05, 3.63) is 198 Å². The molecule has 0 N–H and O–H groups in total. The van der Waals surface area contributed by atoms with Crippen molar-refractivity contribution in [2.45, 2.75) is 59.3 Å². The Kier molecular flexibility index (Phi) is 10.8. The van der Waals surface area contributed by atoms with Crippen LogP contribution < -0.4 is 14.5 Å². The lowest BCUT2D eigenvalue weighted by Gasteiger charge is -2.30. The summed E-state index contributed by atoms with van der Waals surface area (Å²) in [7, 11) is 0. The fourth-order valence-electron chi connectivity index (χ4n) is 9.90. The van der Waals surface area contributed by atoms with Crippen molar-refractivity contribution in [2.75, 3.05) is 16.5 Å². The van der Waals surface area contributed by atoms with Crippen molar-refractivity contribution in [1.29, 1.82) is 0 Å². The Hall–Kier alpha value is -7.84. The molecule has 11 rings (SSSR count). The number of rotatable bonds is 10. The van der Waals surface area contributed by atoms with Crippen LogP contribution in [0, 0.1) is 11.6 Å². The van der Waals surface area contributed by atoms with Gasteiger partial charge in [-0.3, -0.25) is 9.55 Å². The van der Waals surface area contributed by atoms with Crippen LogP contribution in [0.25, 0.3) is 60.8 Å². The molecule has 1 aliphatic heterocycles.